The van der Waals surface area contributed by atoms with Crippen molar-refractivity contribution in [2.75, 3.05) is 0 Å². The van der Waals surface area contributed by atoms with Gasteiger partial charge in [-0.1, -0.05) is 59.4 Å². The van der Waals surface area contributed by atoms with Gasteiger partial charge in [-0.05, 0) is 48.4 Å². The van der Waals surface area contributed by atoms with Crippen LogP contribution in [0.4, 0.5) is 0 Å². The highest BCUT2D eigenvalue weighted by atomic mass is 32.2. The predicted molar refractivity (Wildman–Crippen MR) is 131 cm³/mol. The van der Waals surface area contributed by atoms with Gasteiger partial charge in [-0.25, -0.2) is 0 Å². The summed E-state index contributed by atoms with van der Waals surface area (Å²) in [6, 6.07) is 7.79. The molecule has 2 heterocycles. The third-order valence-corrected chi connectivity index (χ3v) is 15.6. The average molecular weight is 464 g/mol. The molecule has 2 aromatic rings. The molecule has 30 heavy (non-hydrogen) atoms. The highest BCUT2D eigenvalue weighted by Crippen LogP contribution is 2.40. The lowest BCUT2D eigenvalue weighted by atomic mass is 10.2. The molecule has 5 nitrogen and oxygen atoms in total. The largest absolute Gasteiger partial charge is 0.530 e. The highest BCUT2D eigenvalue weighted by Gasteiger charge is 2.41. The fraction of sp³-hybridized carbons (Fsp3) is 0.591. The molecule has 8 heteroatoms. The summed E-state index contributed by atoms with van der Waals surface area (Å²) in [7, 11) is -4.06. The summed E-state index contributed by atoms with van der Waals surface area (Å²) in [5.41, 5.74) is 0.994. The number of hydrogen-bond donors (Lipinski definition) is 0. The Morgan fingerprint density at radius 3 is 1.73 bits per heavy atom. The summed E-state index contributed by atoms with van der Waals surface area (Å²) in [6.07, 6.45) is 1.81. The summed E-state index contributed by atoms with van der Waals surface area (Å²) in [4.78, 5) is 13.8. The first-order valence-electron chi connectivity index (χ1n) is 10.4. The van der Waals surface area contributed by atoms with Crippen molar-refractivity contribution >= 4 is 28.4 Å². The molecule has 0 spiro atoms. The van der Waals surface area contributed by atoms with E-state index >= 15 is 0 Å². The van der Waals surface area contributed by atoms with Gasteiger partial charge in [-0.2, -0.15) is 9.97 Å². The molecule has 0 aliphatic carbocycles. The van der Waals surface area contributed by atoms with Crippen LogP contribution in [0.15, 0.2) is 35.6 Å². The van der Waals surface area contributed by atoms with Crippen molar-refractivity contribution in [3.8, 4) is 11.8 Å². The molecule has 0 saturated heterocycles. The van der Waals surface area contributed by atoms with E-state index in [-0.39, 0.29) is 10.1 Å². The van der Waals surface area contributed by atoms with Gasteiger partial charge >= 0.3 is 0 Å². The maximum absolute atomic E-state index is 6.49. The normalized spacial score (nSPS) is 13.3. The molecule has 0 amide bonds. The smallest absolute Gasteiger partial charge is 0.252 e. The van der Waals surface area contributed by atoms with E-state index in [2.05, 4.69) is 72.7 Å². The zero-order valence-electron chi connectivity index (χ0n) is 20.2. The fourth-order valence-corrected chi connectivity index (χ4v) is 4.63. The number of aromatic nitrogens is 3. The van der Waals surface area contributed by atoms with Crippen LogP contribution >= 0.6 is 11.8 Å². The van der Waals surface area contributed by atoms with Gasteiger partial charge in [0, 0.05) is 11.9 Å². The second kappa shape index (κ2) is 9.00. The number of nitrogens with zero attached hydrogens (tertiary/aromatic N) is 3. The van der Waals surface area contributed by atoms with Crippen molar-refractivity contribution in [3.63, 3.8) is 0 Å². The molecule has 166 valence electrons. The topological polar surface area (TPSA) is 57.1 Å². The highest BCUT2D eigenvalue weighted by molar-refractivity contribution is 7.98. The van der Waals surface area contributed by atoms with Crippen molar-refractivity contribution in [1.29, 1.82) is 0 Å². The first-order valence-corrected chi connectivity index (χ1v) is 17.2. The maximum Gasteiger partial charge on any atom is 0.252 e. The fourth-order valence-electron chi connectivity index (χ4n) is 2.00. The molecule has 2 aromatic heterocycles. The minimum atomic E-state index is -2.03. The van der Waals surface area contributed by atoms with Crippen LogP contribution in [0.25, 0.3) is 0 Å². The first-order chi connectivity index (χ1) is 13.6. The second-order valence-electron chi connectivity index (χ2n) is 10.7. The maximum atomic E-state index is 6.49. The molecule has 0 atom stereocenters. The van der Waals surface area contributed by atoms with Crippen LogP contribution in [0.5, 0.6) is 11.8 Å². The molecule has 0 saturated carbocycles. The van der Waals surface area contributed by atoms with Gasteiger partial charge in [0.1, 0.15) is 0 Å². The molecule has 0 aromatic carbocycles. The summed E-state index contributed by atoms with van der Waals surface area (Å²) >= 11 is 1.55. The standard InChI is InChI=1S/C22H37N3O2SSi2/c1-21(2,3)29(7,8)26-18-15-19(27-30(9,10)22(4,5)6)25-20(24-18)28-16-17-13-11-12-14-23-17/h11-15H,16H2,1-10H3. The van der Waals surface area contributed by atoms with Crippen LogP contribution in [-0.2, 0) is 5.75 Å². The SMILES string of the molecule is CC(C)(C)[Si](C)(C)Oc1cc(O[Si](C)(C)C(C)(C)C)nc(SCc2ccccn2)n1. The third kappa shape index (κ3) is 6.55. The van der Waals surface area contributed by atoms with Gasteiger partial charge in [0.2, 0.25) is 11.8 Å². The Balaban J connectivity index is 2.35. The van der Waals surface area contributed by atoms with E-state index in [0.717, 1.165) is 5.69 Å². The Morgan fingerprint density at radius 2 is 1.33 bits per heavy atom. The molecule has 0 unspecified atom stereocenters. The lowest BCUT2D eigenvalue weighted by molar-refractivity contribution is 0.443. The van der Waals surface area contributed by atoms with E-state index in [1.54, 1.807) is 18.0 Å². The molecule has 0 aliphatic rings. The Morgan fingerprint density at radius 1 is 0.833 bits per heavy atom. The van der Waals surface area contributed by atoms with Crippen LogP contribution in [0, 0.1) is 0 Å². The molecular weight excluding hydrogens is 427 g/mol. The second-order valence-corrected chi connectivity index (χ2v) is 21.1. The zero-order valence-corrected chi connectivity index (χ0v) is 23.0. The summed E-state index contributed by atoms with van der Waals surface area (Å²) in [6.45, 7) is 22.3. The summed E-state index contributed by atoms with van der Waals surface area (Å²) in [5.74, 6) is 1.91. The monoisotopic (exact) mass is 463 g/mol. The Labute approximate surface area is 188 Å². The molecule has 2 rings (SSSR count). The van der Waals surface area contributed by atoms with Crippen molar-refractivity contribution in [2.24, 2.45) is 0 Å². The Hall–Kier alpha value is -1.39. The van der Waals surface area contributed by atoms with Crippen molar-refractivity contribution in [2.45, 2.75) is 88.7 Å². The number of hydrogen-bond acceptors (Lipinski definition) is 6. The van der Waals surface area contributed by atoms with Crippen LogP contribution in [-0.4, -0.2) is 31.6 Å². The van der Waals surface area contributed by atoms with Crippen molar-refractivity contribution in [1.82, 2.24) is 15.0 Å². The van der Waals surface area contributed by atoms with Gasteiger partial charge in [0.15, 0.2) is 5.16 Å². The van der Waals surface area contributed by atoms with Gasteiger partial charge in [0.05, 0.1) is 11.8 Å². The lowest BCUT2D eigenvalue weighted by Crippen LogP contribution is -2.45. The number of pyridine rings is 1. The van der Waals surface area contributed by atoms with Gasteiger partial charge < -0.3 is 8.85 Å². The van der Waals surface area contributed by atoms with E-state index in [4.69, 9.17) is 18.8 Å². The van der Waals surface area contributed by atoms with E-state index in [1.165, 1.54) is 0 Å². The zero-order chi connectivity index (χ0) is 22.8. The summed E-state index contributed by atoms with van der Waals surface area (Å²) in [5, 5.41) is 0.824. The molecule has 0 fully saturated rings. The van der Waals surface area contributed by atoms with E-state index in [9.17, 15) is 0 Å². The van der Waals surface area contributed by atoms with Crippen LogP contribution in [0.2, 0.25) is 36.3 Å². The average Bonchev–Trinajstić information content (AvgIpc) is 2.58. The Bertz CT molecular complexity index is 801. The quantitative estimate of drug-likeness (QED) is 0.252. The van der Waals surface area contributed by atoms with E-state index in [1.807, 2.05) is 24.3 Å². The van der Waals surface area contributed by atoms with Crippen molar-refractivity contribution < 1.29 is 8.85 Å². The van der Waals surface area contributed by atoms with Gasteiger partial charge in [-0.3, -0.25) is 4.98 Å². The van der Waals surface area contributed by atoms with E-state index < -0.39 is 16.6 Å². The lowest BCUT2D eigenvalue weighted by Gasteiger charge is -2.37. The van der Waals surface area contributed by atoms with Crippen LogP contribution < -0.4 is 8.85 Å². The van der Waals surface area contributed by atoms with Crippen LogP contribution in [0.1, 0.15) is 47.2 Å². The number of thioether (sulfide) groups is 1. The third-order valence-electron chi connectivity index (χ3n) is 6.07. The first kappa shape index (κ1) is 24.9. The Kier molecular flexibility index (Phi) is 7.46. The van der Waals surface area contributed by atoms with Crippen molar-refractivity contribution in [3.05, 3.63) is 36.2 Å². The van der Waals surface area contributed by atoms with Gasteiger partial charge in [-0.15, -0.1) is 0 Å². The number of rotatable bonds is 7. The summed E-state index contributed by atoms with van der Waals surface area (Å²) < 4.78 is 13.0. The minimum absolute atomic E-state index is 0.0830. The van der Waals surface area contributed by atoms with Crippen LogP contribution in [0.3, 0.4) is 0 Å². The molecule has 0 N–H and O–H groups in total. The molecule has 0 radical (unpaired) electrons. The molecule has 0 bridgehead atoms. The molecule has 0 aliphatic heterocycles. The predicted octanol–water partition coefficient (Wildman–Crippen LogP) is 6.93. The van der Waals surface area contributed by atoms with E-state index in [0.29, 0.717) is 22.7 Å². The minimum Gasteiger partial charge on any atom is -0.530 e. The van der Waals surface area contributed by atoms with Gasteiger partial charge in [0.25, 0.3) is 16.6 Å². The molecular formula is C22H37N3O2SSi2.